The molecule has 5 heteroatoms. The third kappa shape index (κ3) is 4.83. The third-order valence-corrected chi connectivity index (χ3v) is 4.95. The molecule has 0 radical (unpaired) electrons. The van der Waals surface area contributed by atoms with E-state index in [0.717, 1.165) is 31.4 Å². The fourth-order valence-electron chi connectivity index (χ4n) is 2.86. The first-order valence-electron chi connectivity index (χ1n) is 8.83. The van der Waals surface area contributed by atoms with Crippen molar-refractivity contribution >= 4 is 39.5 Å². The van der Waals surface area contributed by atoms with Crippen LogP contribution in [0.5, 0.6) is 5.75 Å². The minimum Gasteiger partial charge on any atom is -0.485 e. The normalized spacial score (nSPS) is 11.6. The van der Waals surface area contributed by atoms with Crippen molar-refractivity contribution in [3.63, 3.8) is 0 Å². The number of benzene rings is 2. The summed E-state index contributed by atoms with van der Waals surface area (Å²) in [6.45, 7) is 7.92. The van der Waals surface area contributed by atoms with Crippen molar-refractivity contribution in [2.75, 3.05) is 0 Å². The summed E-state index contributed by atoms with van der Waals surface area (Å²) in [6.07, 6.45) is 0.171. The Bertz CT molecular complexity index is 966. The number of rotatable bonds is 5. The lowest BCUT2D eigenvalue weighted by Gasteiger charge is -2.20. The maximum absolute atomic E-state index is 12.2. The molecule has 0 aliphatic rings. The van der Waals surface area contributed by atoms with E-state index in [4.69, 9.17) is 13.9 Å². The summed E-state index contributed by atoms with van der Waals surface area (Å²) in [5.74, 6) is 1.19. The summed E-state index contributed by atoms with van der Waals surface area (Å²) >= 11 is 2.27. The van der Waals surface area contributed by atoms with Gasteiger partial charge in [-0.1, -0.05) is 30.3 Å². The molecule has 4 nitrogen and oxygen atoms in total. The standard InChI is InChI=1S/C22H23IO4/c1-14-16-9-7-10-17(23)21(16)26-19(14)13-25-18-11-6-5-8-15(18)12-20(24)27-22(2,3)4/h5-11H,12-13H2,1-4H3. The fraction of sp³-hybridized carbons (Fsp3) is 0.318. The SMILES string of the molecule is Cc1c(COc2ccccc2CC(=O)OC(C)(C)C)oc2c(I)cccc12. The lowest BCUT2D eigenvalue weighted by Crippen LogP contribution is -2.25. The van der Waals surface area contributed by atoms with Crippen LogP contribution >= 0.6 is 22.6 Å². The number of ether oxygens (including phenoxy) is 2. The molecule has 0 aliphatic carbocycles. The topological polar surface area (TPSA) is 48.7 Å². The second-order valence-electron chi connectivity index (χ2n) is 7.43. The summed E-state index contributed by atoms with van der Waals surface area (Å²) in [7, 11) is 0. The van der Waals surface area contributed by atoms with Gasteiger partial charge in [0.1, 0.15) is 29.3 Å². The molecule has 0 fully saturated rings. The maximum atomic E-state index is 12.2. The molecule has 0 aliphatic heterocycles. The molecule has 0 amide bonds. The average molecular weight is 478 g/mol. The van der Waals surface area contributed by atoms with E-state index in [2.05, 4.69) is 28.7 Å². The maximum Gasteiger partial charge on any atom is 0.310 e. The number of carbonyl (C=O) groups is 1. The van der Waals surface area contributed by atoms with Crippen molar-refractivity contribution < 1.29 is 18.7 Å². The smallest absolute Gasteiger partial charge is 0.310 e. The van der Waals surface area contributed by atoms with Crippen LogP contribution in [-0.2, 0) is 22.6 Å². The Kier molecular flexibility index (Phi) is 5.79. The molecular weight excluding hydrogens is 455 g/mol. The van der Waals surface area contributed by atoms with Gasteiger partial charge in [-0.05, 0) is 62.4 Å². The average Bonchev–Trinajstić information content (AvgIpc) is 2.90. The van der Waals surface area contributed by atoms with Crippen molar-refractivity contribution in [1.29, 1.82) is 0 Å². The van der Waals surface area contributed by atoms with Crippen LogP contribution in [0.25, 0.3) is 11.0 Å². The van der Waals surface area contributed by atoms with E-state index in [9.17, 15) is 4.79 Å². The van der Waals surface area contributed by atoms with Crippen LogP contribution in [0.1, 0.15) is 37.7 Å². The first kappa shape index (κ1) is 19.7. The number of para-hydroxylation sites is 2. The van der Waals surface area contributed by atoms with Gasteiger partial charge in [-0.25, -0.2) is 0 Å². The zero-order valence-corrected chi connectivity index (χ0v) is 18.1. The molecule has 0 saturated heterocycles. The van der Waals surface area contributed by atoms with Crippen molar-refractivity contribution in [3.05, 3.63) is 62.9 Å². The first-order chi connectivity index (χ1) is 12.7. The van der Waals surface area contributed by atoms with Crippen LogP contribution in [0.3, 0.4) is 0 Å². The second kappa shape index (κ2) is 7.92. The number of fused-ring (bicyclic) bond motifs is 1. The second-order valence-corrected chi connectivity index (χ2v) is 8.59. The monoisotopic (exact) mass is 478 g/mol. The number of halogens is 1. The van der Waals surface area contributed by atoms with Gasteiger partial charge in [0.25, 0.3) is 0 Å². The van der Waals surface area contributed by atoms with Gasteiger partial charge in [-0.3, -0.25) is 4.79 Å². The molecule has 0 bridgehead atoms. The highest BCUT2D eigenvalue weighted by molar-refractivity contribution is 14.1. The summed E-state index contributed by atoms with van der Waals surface area (Å²) < 4.78 is 18.5. The molecule has 0 saturated carbocycles. The van der Waals surface area contributed by atoms with Crippen LogP contribution in [0.4, 0.5) is 0 Å². The number of hydrogen-bond donors (Lipinski definition) is 0. The summed E-state index contributed by atoms with van der Waals surface area (Å²) in [5.41, 5.74) is 2.26. The molecule has 1 heterocycles. The Hall–Kier alpha value is -2.02. The van der Waals surface area contributed by atoms with Crippen molar-refractivity contribution in [2.24, 2.45) is 0 Å². The minimum absolute atomic E-state index is 0.171. The molecule has 3 rings (SSSR count). The lowest BCUT2D eigenvalue weighted by atomic mass is 10.1. The molecule has 1 aromatic heterocycles. The first-order valence-corrected chi connectivity index (χ1v) is 9.91. The van der Waals surface area contributed by atoms with Gasteiger partial charge < -0.3 is 13.9 Å². The predicted octanol–water partition coefficient (Wildman–Crippen LogP) is 5.81. The zero-order valence-electron chi connectivity index (χ0n) is 16.0. The van der Waals surface area contributed by atoms with Gasteiger partial charge in [-0.2, -0.15) is 0 Å². The zero-order chi connectivity index (χ0) is 19.6. The molecule has 3 aromatic rings. The Morgan fingerprint density at radius 3 is 2.56 bits per heavy atom. The number of esters is 1. The molecule has 0 spiro atoms. The van der Waals surface area contributed by atoms with Gasteiger partial charge in [0.15, 0.2) is 0 Å². The van der Waals surface area contributed by atoms with Gasteiger partial charge in [0, 0.05) is 16.5 Å². The van der Waals surface area contributed by atoms with Gasteiger partial charge in [0.05, 0.1) is 9.99 Å². The number of furan rings is 1. The quantitative estimate of drug-likeness (QED) is 0.343. The van der Waals surface area contributed by atoms with Crippen LogP contribution in [0.15, 0.2) is 46.9 Å². The van der Waals surface area contributed by atoms with Crippen molar-refractivity contribution in [1.82, 2.24) is 0 Å². The van der Waals surface area contributed by atoms with E-state index in [1.54, 1.807) is 0 Å². The molecular formula is C22H23IO4. The van der Waals surface area contributed by atoms with Crippen molar-refractivity contribution in [3.8, 4) is 5.75 Å². The Balaban J connectivity index is 1.76. The minimum atomic E-state index is -0.505. The van der Waals surface area contributed by atoms with Gasteiger partial charge >= 0.3 is 5.97 Å². The van der Waals surface area contributed by atoms with Crippen LogP contribution in [0.2, 0.25) is 0 Å². The van der Waals surface area contributed by atoms with E-state index >= 15 is 0 Å². The Labute approximate surface area is 173 Å². The molecule has 0 unspecified atom stereocenters. The van der Waals surface area contributed by atoms with Crippen LogP contribution in [0, 0.1) is 10.5 Å². The van der Waals surface area contributed by atoms with E-state index in [-0.39, 0.29) is 12.4 Å². The summed E-state index contributed by atoms with van der Waals surface area (Å²) in [6, 6.07) is 13.6. The summed E-state index contributed by atoms with van der Waals surface area (Å²) in [5, 5.41) is 1.10. The fourth-order valence-corrected chi connectivity index (χ4v) is 3.47. The molecule has 2 aromatic carbocycles. The van der Waals surface area contributed by atoms with E-state index in [1.165, 1.54) is 0 Å². The van der Waals surface area contributed by atoms with Crippen LogP contribution in [-0.4, -0.2) is 11.6 Å². The Morgan fingerprint density at radius 2 is 1.85 bits per heavy atom. The Morgan fingerprint density at radius 1 is 1.11 bits per heavy atom. The largest absolute Gasteiger partial charge is 0.485 e. The van der Waals surface area contributed by atoms with Gasteiger partial charge in [-0.15, -0.1) is 0 Å². The molecule has 27 heavy (non-hydrogen) atoms. The number of carbonyl (C=O) groups excluding carboxylic acids is 1. The number of hydrogen-bond acceptors (Lipinski definition) is 4. The lowest BCUT2D eigenvalue weighted by molar-refractivity contribution is -0.153. The number of aryl methyl sites for hydroxylation is 1. The van der Waals surface area contributed by atoms with E-state index in [1.807, 2.05) is 64.1 Å². The van der Waals surface area contributed by atoms with Crippen LogP contribution < -0.4 is 4.74 Å². The molecule has 142 valence electrons. The highest BCUT2D eigenvalue weighted by Crippen LogP contribution is 2.30. The predicted molar refractivity (Wildman–Crippen MR) is 114 cm³/mol. The van der Waals surface area contributed by atoms with Crippen molar-refractivity contribution in [2.45, 2.75) is 46.3 Å². The molecule has 0 atom stereocenters. The van der Waals surface area contributed by atoms with Gasteiger partial charge in [0.2, 0.25) is 0 Å². The summed E-state index contributed by atoms with van der Waals surface area (Å²) in [4.78, 5) is 12.2. The highest BCUT2D eigenvalue weighted by atomic mass is 127. The third-order valence-electron chi connectivity index (χ3n) is 4.10. The van der Waals surface area contributed by atoms with E-state index in [0.29, 0.717) is 12.4 Å². The molecule has 0 N–H and O–H groups in total. The highest BCUT2D eigenvalue weighted by Gasteiger charge is 2.19. The van der Waals surface area contributed by atoms with E-state index < -0.39 is 5.60 Å².